The Labute approximate surface area is 86.8 Å². The molecule has 0 fully saturated rings. The molecule has 0 aliphatic carbocycles. The first-order valence-corrected chi connectivity index (χ1v) is 4.37. The van der Waals surface area contributed by atoms with E-state index in [1.165, 1.54) is 31.2 Å². The molecule has 15 heavy (non-hydrogen) atoms. The second-order valence-corrected chi connectivity index (χ2v) is 3.48. The van der Waals surface area contributed by atoms with E-state index in [4.69, 9.17) is 10.4 Å². The summed E-state index contributed by atoms with van der Waals surface area (Å²) >= 11 is 0. The molecule has 1 aromatic carbocycles. The van der Waals surface area contributed by atoms with Gasteiger partial charge in [-0.3, -0.25) is 4.79 Å². The molecule has 0 radical (unpaired) electrons. The molecule has 0 bridgehead atoms. The fourth-order valence-corrected chi connectivity index (χ4v) is 1.28. The summed E-state index contributed by atoms with van der Waals surface area (Å²) in [4.78, 5) is 11.1. The largest absolute Gasteiger partial charge is 0.481 e. The first-order chi connectivity index (χ1) is 7.00. The molecule has 1 unspecified atom stereocenters. The summed E-state index contributed by atoms with van der Waals surface area (Å²) in [5.74, 6) is -1.51. The summed E-state index contributed by atoms with van der Waals surface area (Å²) in [5, 5.41) is 17.6. The van der Waals surface area contributed by atoms with Crippen molar-refractivity contribution in [3.8, 4) is 6.07 Å². The van der Waals surface area contributed by atoms with Crippen LogP contribution in [0.15, 0.2) is 24.3 Å². The van der Waals surface area contributed by atoms with Crippen LogP contribution in [0.25, 0.3) is 0 Å². The third-order valence-electron chi connectivity index (χ3n) is 2.39. The number of carboxylic acids is 1. The lowest BCUT2D eigenvalue weighted by Crippen LogP contribution is -2.31. The normalized spacial score (nSPS) is 13.9. The van der Waals surface area contributed by atoms with Crippen molar-refractivity contribution in [2.75, 3.05) is 0 Å². The molecular formula is C11H10FNO2. The van der Waals surface area contributed by atoms with Gasteiger partial charge >= 0.3 is 5.97 Å². The molecule has 0 saturated carbocycles. The predicted molar refractivity (Wildman–Crippen MR) is 51.6 cm³/mol. The van der Waals surface area contributed by atoms with Crippen molar-refractivity contribution in [3.63, 3.8) is 0 Å². The van der Waals surface area contributed by atoms with Crippen LogP contribution in [0.2, 0.25) is 0 Å². The zero-order valence-electron chi connectivity index (χ0n) is 8.20. The van der Waals surface area contributed by atoms with Gasteiger partial charge < -0.3 is 5.11 Å². The van der Waals surface area contributed by atoms with Gasteiger partial charge in [0.25, 0.3) is 0 Å². The van der Waals surface area contributed by atoms with E-state index in [9.17, 15) is 9.18 Å². The maximum Gasteiger partial charge on any atom is 0.314 e. The van der Waals surface area contributed by atoms with Crippen LogP contribution in [0.3, 0.4) is 0 Å². The van der Waals surface area contributed by atoms with Gasteiger partial charge in [-0.2, -0.15) is 5.26 Å². The average Bonchev–Trinajstić information content (AvgIpc) is 2.18. The molecule has 1 N–H and O–H groups in total. The summed E-state index contributed by atoms with van der Waals surface area (Å²) in [5.41, 5.74) is -0.847. The van der Waals surface area contributed by atoms with Gasteiger partial charge in [-0.15, -0.1) is 0 Å². The Morgan fingerprint density at radius 2 is 2.07 bits per heavy atom. The number of carboxylic acid groups (broad SMARTS) is 1. The second-order valence-electron chi connectivity index (χ2n) is 3.48. The van der Waals surface area contributed by atoms with Crippen LogP contribution in [-0.2, 0) is 10.2 Å². The monoisotopic (exact) mass is 207 g/mol. The molecule has 1 atom stereocenters. The molecule has 0 aliphatic rings. The number of nitrogens with zero attached hydrogens (tertiary/aromatic N) is 1. The van der Waals surface area contributed by atoms with Gasteiger partial charge in [0.2, 0.25) is 0 Å². The van der Waals surface area contributed by atoms with Crippen molar-refractivity contribution >= 4 is 5.97 Å². The van der Waals surface area contributed by atoms with Gasteiger partial charge in [-0.25, -0.2) is 4.39 Å². The maximum absolute atomic E-state index is 12.6. The number of aliphatic carboxylic acids is 1. The lowest BCUT2D eigenvalue weighted by atomic mass is 9.80. The summed E-state index contributed by atoms with van der Waals surface area (Å²) in [6.45, 7) is 1.45. The molecule has 0 amide bonds. The van der Waals surface area contributed by atoms with Crippen molar-refractivity contribution in [1.29, 1.82) is 5.26 Å². The highest BCUT2D eigenvalue weighted by molar-refractivity contribution is 5.81. The van der Waals surface area contributed by atoms with Crippen LogP contribution >= 0.6 is 0 Å². The maximum atomic E-state index is 12.6. The molecule has 3 nitrogen and oxygen atoms in total. The van der Waals surface area contributed by atoms with E-state index in [0.29, 0.717) is 5.56 Å². The molecule has 78 valence electrons. The van der Waals surface area contributed by atoms with Crippen LogP contribution in [0.5, 0.6) is 0 Å². The fourth-order valence-electron chi connectivity index (χ4n) is 1.28. The number of halogens is 1. The van der Waals surface area contributed by atoms with Gasteiger partial charge in [0, 0.05) is 0 Å². The van der Waals surface area contributed by atoms with Crippen LogP contribution in [0.1, 0.15) is 18.9 Å². The molecular weight excluding hydrogens is 197 g/mol. The highest BCUT2D eigenvalue weighted by Gasteiger charge is 2.34. The molecule has 0 aromatic heterocycles. The lowest BCUT2D eigenvalue weighted by Gasteiger charge is -2.21. The Morgan fingerprint density at radius 1 is 1.53 bits per heavy atom. The minimum atomic E-state index is -1.28. The highest BCUT2D eigenvalue weighted by Crippen LogP contribution is 2.27. The molecule has 1 aromatic rings. The molecule has 1 rings (SSSR count). The highest BCUT2D eigenvalue weighted by atomic mass is 19.1. The number of rotatable bonds is 3. The van der Waals surface area contributed by atoms with E-state index in [1.807, 2.05) is 6.07 Å². The summed E-state index contributed by atoms with van der Waals surface area (Å²) in [6, 6.07) is 6.98. The molecule has 4 heteroatoms. The zero-order valence-corrected chi connectivity index (χ0v) is 8.20. The van der Waals surface area contributed by atoms with Crippen LogP contribution < -0.4 is 0 Å². The number of hydrogen-bond donors (Lipinski definition) is 1. The fraction of sp³-hybridized carbons (Fsp3) is 0.273. The third-order valence-corrected chi connectivity index (χ3v) is 2.39. The van der Waals surface area contributed by atoms with Crippen LogP contribution in [0, 0.1) is 17.1 Å². The Morgan fingerprint density at radius 3 is 2.47 bits per heavy atom. The smallest absolute Gasteiger partial charge is 0.314 e. The zero-order chi connectivity index (χ0) is 11.5. The standard InChI is InChI=1S/C11H10FNO2/c1-11(6-7-13,10(14)15)8-2-4-9(12)5-3-8/h2-5H,6H2,1H3,(H,14,15). The van der Waals surface area contributed by atoms with Crippen molar-refractivity contribution in [2.45, 2.75) is 18.8 Å². The SMILES string of the molecule is CC(CC#N)(C(=O)O)c1ccc(F)cc1. The Hall–Kier alpha value is -1.89. The molecule has 0 heterocycles. The Kier molecular flexibility index (Phi) is 3.05. The number of nitriles is 1. The molecule has 0 saturated heterocycles. The molecule has 0 aliphatic heterocycles. The second kappa shape index (κ2) is 4.09. The quantitative estimate of drug-likeness (QED) is 0.825. The van der Waals surface area contributed by atoms with Crippen LogP contribution in [-0.4, -0.2) is 11.1 Å². The van der Waals surface area contributed by atoms with E-state index in [0.717, 1.165) is 0 Å². The van der Waals surface area contributed by atoms with Crippen molar-refractivity contribution < 1.29 is 14.3 Å². The van der Waals surface area contributed by atoms with Gasteiger partial charge in [-0.1, -0.05) is 12.1 Å². The minimum absolute atomic E-state index is 0.145. The first-order valence-electron chi connectivity index (χ1n) is 4.37. The Bertz CT molecular complexity index is 408. The van der Waals surface area contributed by atoms with Gasteiger partial charge in [0.1, 0.15) is 11.2 Å². The van der Waals surface area contributed by atoms with Crippen molar-refractivity contribution in [2.24, 2.45) is 0 Å². The lowest BCUT2D eigenvalue weighted by molar-refractivity contribution is -0.143. The number of benzene rings is 1. The number of carbonyl (C=O) groups is 1. The van der Waals surface area contributed by atoms with E-state index in [1.54, 1.807) is 0 Å². The average molecular weight is 207 g/mol. The topological polar surface area (TPSA) is 61.1 Å². The Balaban J connectivity index is 3.16. The molecule has 0 spiro atoms. The van der Waals surface area contributed by atoms with Gasteiger partial charge in [0.15, 0.2) is 0 Å². The van der Waals surface area contributed by atoms with Crippen LogP contribution in [0.4, 0.5) is 4.39 Å². The van der Waals surface area contributed by atoms with E-state index in [-0.39, 0.29) is 6.42 Å². The minimum Gasteiger partial charge on any atom is -0.481 e. The summed E-state index contributed by atoms with van der Waals surface area (Å²) in [6.07, 6.45) is -0.145. The first kappa shape index (κ1) is 11.2. The van der Waals surface area contributed by atoms with E-state index < -0.39 is 17.2 Å². The number of hydrogen-bond acceptors (Lipinski definition) is 2. The van der Waals surface area contributed by atoms with Gasteiger partial charge in [0.05, 0.1) is 12.5 Å². The van der Waals surface area contributed by atoms with Crippen molar-refractivity contribution in [1.82, 2.24) is 0 Å². The summed E-state index contributed by atoms with van der Waals surface area (Å²) < 4.78 is 12.6. The predicted octanol–water partition coefficient (Wildman–Crippen LogP) is 2.08. The van der Waals surface area contributed by atoms with E-state index in [2.05, 4.69) is 0 Å². The third kappa shape index (κ3) is 2.13. The van der Waals surface area contributed by atoms with E-state index >= 15 is 0 Å². The van der Waals surface area contributed by atoms with Gasteiger partial charge in [-0.05, 0) is 24.6 Å². The summed E-state index contributed by atoms with van der Waals surface area (Å²) in [7, 11) is 0. The van der Waals surface area contributed by atoms with Crippen molar-refractivity contribution in [3.05, 3.63) is 35.6 Å².